The molecule has 5 aromatic carbocycles. The molecule has 0 N–H and O–H groups in total. The summed E-state index contributed by atoms with van der Waals surface area (Å²) in [5.41, 5.74) is 11.9. The first-order valence-corrected chi connectivity index (χ1v) is 19.7. The molecule has 0 spiro atoms. The fraction of sp³-hybridized carbons (Fsp3) is 0.268. The number of rotatable bonds is 3. The van der Waals surface area contributed by atoms with Crippen molar-refractivity contribution in [2.75, 3.05) is 9.80 Å². The van der Waals surface area contributed by atoms with Crippen LogP contribution in [0.1, 0.15) is 38.5 Å². The number of hydrogen-bond acceptors (Lipinski definition) is 2. The molecule has 218 valence electrons. The summed E-state index contributed by atoms with van der Waals surface area (Å²) in [6, 6.07) is 44.6. The van der Waals surface area contributed by atoms with E-state index in [-0.39, 0.29) is 12.3 Å². The lowest BCUT2D eigenvalue weighted by atomic mass is 9.33. The van der Waals surface area contributed by atoms with Crippen LogP contribution in [0.3, 0.4) is 0 Å². The first kappa shape index (κ1) is 25.2. The molecule has 3 aliphatic heterocycles. The van der Waals surface area contributed by atoms with Crippen LogP contribution in [0.15, 0.2) is 115 Å². The minimum Gasteiger partial charge on any atom is -0.336 e. The van der Waals surface area contributed by atoms with Crippen LogP contribution in [0, 0.1) is 17.8 Å². The van der Waals surface area contributed by atoms with Gasteiger partial charge in [0.05, 0.1) is 0 Å². The summed E-state index contributed by atoms with van der Waals surface area (Å²) in [5, 5.41) is 4.73. The summed E-state index contributed by atoms with van der Waals surface area (Å²) in [7, 11) is -2.33. The first-order chi connectivity index (χ1) is 22.1. The number of hydrogen-bond donors (Lipinski definition) is 0. The fourth-order valence-electron chi connectivity index (χ4n) is 11.8. The minimum atomic E-state index is -2.33. The second-order valence-corrected chi connectivity index (χ2v) is 19.2. The zero-order chi connectivity index (χ0) is 29.5. The van der Waals surface area contributed by atoms with Gasteiger partial charge in [0.2, 0.25) is 0 Å². The highest BCUT2D eigenvalue weighted by molar-refractivity contribution is 7.21. The lowest BCUT2D eigenvalue weighted by molar-refractivity contribution is 0.000642. The Morgan fingerprint density at radius 3 is 1.67 bits per heavy atom. The lowest BCUT2D eigenvalue weighted by Crippen LogP contribution is -2.84. The molecule has 45 heavy (non-hydrogen) atoms. The summed E-state index contributed by atoms with van der Waals surface area (Å²) in [5.74, 6) is 2.68. The Morgan fingerprint density at radius 1 is 0.556 bits per heavy atom. The molecule has 0 aromatic heterocycles. The Labute approximate surface area is 267 Å². The third-order valence-corrected chi connectivity index (χ3v) is 17.5. The Balaban J connectivity index is 1.27. The average molecular weight is 597 g/mol. The number of benzene rings is 5. The average Bonchev–Trinajstić information content (AvgIpc) is 3.07. The Kier molecular flexibility index (Phi) is 4.82. The first-order valence-electron chi connectivity index (χ1n) is 17.2. The van der Waals surface area contributed by atoms with Crippen molar-refractivity contribution < 1.29 is 0 Å². The summed E-state index contributed by atoms with van der Waals surface area (Å²) in [4.78, 5) is 5.57. The van der Waals surface area contributed by atoms with Crippen molar-refractivity contribution in [1.29, 1.82) is 0 Å². The van der Waals surface area contributed by atoms with Gasteiger partial charge in [-0.1, -0.05) is 95.8 Å². The SMILES string of the molecule is C[Si]1(c2ccccc2)c2cccc3c2B2c4c(cccc4N(C45CC6CC(CC(C6)C4)C5)c4cccc1c42)N3c1ccccc1. The fourth-order valence-corrected chi connectivity index (χ4v) is 16.1. The molecule has 4 heteroatoms. The molecule has 4 fully saturated rings. The van der Waals surface area contributed by atoms with Gasteiger partial charge in [0, 0.05) is 34.0 Å². The van der Waals surface area contributed by atoms with Crippen LogP contribution < -0.4 is 41.7 Å². The summed E-state index contributed by atoms with van der Waals surface area (Å²) >= 11 is 0. The van der Waals surface area contributed by atoms with Gasteiger partial charge in [-0.05, 0) is 114 Å². The number of anilines is 5. The lowest BCUT2D eigenvalue weighted by Gasteiger charge is -2.63. The van der Waals surface area contributed by atoms with Crippen LogP contribution in [0.5, 0.6) is 0 Å². The second kappa shape index (κ2) is 8.61. The maximum absolute atomic E-state index is 2.97. The second-order valence-electron chi connectivity index (χ2n) is 15.3. The van der Waals surface area contributed by atoms with E-state index in [4.69, 9.17) is 0 Å². The Hall–Kier alpha value is -4.02. The third-order valence-electron chi connectivity index (χ3n) is 13.0. The minimum absolute atomic E-state index is 0.226. The molecule has 0 radical (unpaired) electrons. The molecule has 5 aromatic rings. The molecular formula is C41H37BN2Si. The van der Waals surface area contributed by atoms with Crippen molar-refractivity contribution in [2.45, 2.75) is 50.6 Å². The van der Waals surface area contributed by atoms with E-state index >= 15 is 0 Å². The Morgan fingerprint density at radius 2 is 1.04 bits per heavy atom. The van der Waals surface area contributed by atoms with E-state index in [0.29, 0.717) is 0 Å². The maximum atomic E-state index is 2.97. The van der Waals surface area contributed by atoms with Crippen molar-refractivity contribution in [1.82, 2.24) is 0 Å². The summed E-state index contributed by atoms with van der Waals surface area (Å²) in [6.45, 7) is 2.91. The van der Waals surface area contributed by atoms with Crippen molar-refractivity contribution in [3.63, 3.8) is 0 Å². The molecular weight excluding hydrogens is 559 g/mol. The molecule has 2 nitrogen and oxygen atoms in total. The predicted octanol–water partition coefficient (Wildman–Crippen LogP) is 5.82. The monoisotopic (exact) mass is 596 g/mol. The molecule has 1 unspecified atom stereocenters. The van der Waals surface area contributed by atoms with Crippen molar-refractivity contribution in [2.24, 2.45) is 17.8 Å². The number of nitrogens with zero attached hydrogens (tertiary/aromatic N) is 2. The molecule has 0 saturated heterocycles. The molecule has 3 heterocycles. The highest BCUT2D eigenvalue weighted by Gasteiger charge is 2.59. The molecule has 7 aliphatic rings. The van der Waals surface area contributed by atoms with Gasteiger partial charge < -0.3 is 9.80 Å². The van der Waals surface area contributed by atoms with Gasteiger partial charge in [0.25, 0.3) is 6.71 Å². The van der Waals surface area contributed by atoms with E-state index in [9.17, 15) is 0 Å². The molecule has 0 amide bonds. The van der Waals surface area contributed by atoms with Crippen LogP contribution in [0.4, 0.5) is 28.4 Å². The van der Waals surface area contributed by atoms with E-state index < -0.39 is 8.07 Å². The van der Waals surface area contributed by atoms with Crippen LogP contribution >= 0.6 is 0 Å². The van der Waals surface area contributed by atoms with Gasteiger partial charge in [0.1, 0.15) is 8.07 Å². The molecule has 12 rings (SSSR count). The van der Waals surface area contributed by atoms with E-state index in [2.05, 4.69) is 132 Å². The highest BCUT2D eigenvalue weighted by Crippen LogP contribution is 2.60. The largest absolute Gasteiger partial charge is 0.336 e. The standard InChI is InChI=1S/C41H37BN2Si/c1-45(31-13-6-3-7-14-31)36-19-9-16-33-39(36)42-38-32(43(33)30-11-4-2-5-12-30)15-8-17-34(38)44(35-18-10-20-37(45)40(35)42)41-24-27-21-28(25-41)23-29(22-27)26-41/h2-20,27-29H,21-26H2,1H3. The van der Waals surface area contributed by atoms with Crippen LogP contribution in [0.2, 0.25) is 6.55 Å². The predicted molar refractivity (Wildman–Crippen MR) is 192 cm³/mol. The van der Waals surface area contributed by atoms with Crippen molar-refractivity contribution >= 4 is 75.2 Å². The van der Waals surface area contributed by atoms with E-state index in [0.717, 1.165) is 17.8 Å². The topological polar surface area (TPSA) is 6.48 Å². The molecule has 4 saturated carbocycles. The van der Waals surface area contributed by atoms with Gasteiger partial charge in [-0.25, -0.2) is 0 Å². The quantitative estimate of drug-likeness (QED) is 0.238. The van der Waals surface area contributed by atoms with Crippen LogP contribution in [-0.4, -0.2) is 20.3 Å². The van der Waals surface area contributed by atoms with Crippen LogP contribution in [-0.2, 0) is 0 Å². The van der Waals surface area contributed by atoms with E-state index in [1.165, 1.54) is 72.1 Å². The zero-order valence-electron chi connectivity index (χ0n) is 25.9. The number of para-hydroxylation sites is 1. The van der Waals surface area contributed by atoms with Crippen molar-refractivity contribution in [3.8, 4) is 0 Å². The highest BCUT2D eigenvalue weighted by atomic mass is 28.3. The smallest absolute Gasteiger partial charge is 0.251 e. The maximum Gasteiger partial charge on any atom is 0.251 e. The van der Waals surface area contributed by atoms with E-state index in [1.54, 1.807) is 26.8 Å². The summed E-state index contributed by atoms with van der Waals surface area (Å²) < 4.78 is 0. The normalized spacial score (nSPS) is 29.2. The van der Waals surface area contributed by atoms with Gasteiger partial charge in [0.15, 0.2) is 0 Å². The Bertz CT molecular complexity index is 2010. The van der Waals surface area contributed by atoms with Crippen molar-refractivity contribution in [3.05, 3.63) is 115 Å². The van der Waals surface area contributed by atoms with Crippen LogP contribution in [0.25, 0.3) is 0 Å². The third kappa shape index (κ3) is 3.07. The van der Waals surface area contributed by atoms with E-state index in [1.807, 2.05) is 0 Å². The molecule has 4 bridgehead atoms. The van der Waals surface area contributed by atoms with Gasteiger partial charge in [-0.15, -0.1) is 0 Å². The molecule has 4 aliphatic carbocycles. The molecule has 1 atom stereocenters. The summed E-state index contributed by atoms with van der Waals surface area (Å²) in [6.07, 6.45) is 8.46. The van der Waals surface area contributed by atoms with Gasteiger partial charge >= 0.3 is 0 Å². The van der Waals surface area contributed by atoms with Gasteiger partial charge in [-0.2, -0.15) is 0 Å². The zero-order valence-corrected chi connectivity index (χ0v) is 26.9. The van der Waals surface area contributed by atoms with Gasteiger partial charge in [-0.3, -0.25) is 0 Å².